The van der Waals surface area contributed by atoms with Crippen molar-refractivity contribution < 1.29 is 14.6 Å². The summed E-state index contributed by atoms with van der Waals surface area (Å²) in [6, 6.07) is 0.0946. The van der Waals surface area contributed by atoms with Gasteiger partial charge in [0.2, 0.25) is 11.2 Å². The van der Waals surface area contributed by atoms with Crippen LogP contribution in [0.15, 0.2) is 0 Å². The Balaban J connectivity index is 2.77. The number of hydrogen-bond acceptors (Lipinski definition) is 6. The van der Waals surface area contributed by atoms with Gasteiger partial charge in [0.05, 0.1) is 13.5 Å². The highest BCUT2D eigenvalue weighted by Gasteiger charge is 2.10. The summed E-state index contributed by atoms with van der Waals surface area (Å²) in [5.74, 6) is -0.614. The summed E-state index contributed by atoms with van der Waals surface area (Å²) in [6.45, 7) is 0.277. The van der Waals surface area contributed by atoms with E-state index in [1.165, 1.54) is 7.11 Å². The minimum atomic E-state index is -0.890. The molecule has 0 atom stereocenters. The smallest absolute Gasteiger partial charge is 0.322 e. The summed E-state index contributed by atoms with van der Waals surface area (Å²) in [4.78, 5) is 23.5. The van der Waals surface area contributed by atoms with Gasteiger partial charge in [-0.25, -0.2) is 0 Å². The Labute approximate surface area is 97.0 Å². The second-order valence-corrected chi connectivity index (χ2v) is 3.29. The van der Waals surface area contributed by atoms with Crippen molar-refractivity contribution in [3.63, 3.8) is 0 Å². The van der Waals surface area contributed by atoms with E-state index in [9.17, 15) is 4.79 Å². The zero-order chi connectivity index (χ0) is 12.1. The van der Waals surface area contributed by atoms with Crippen molar-refractivity contribution in [3.8, 4) is 6.01 Å². The second kappa shape index (κ2) is 5.45. The molecule has 0 aliphatic carbocycles. The first kappa shape index (κ1) is 12.4. The number of carboxylic acid groups (broad SMARTS) is 1. The summed E-state index contributed by atoms with van der Waals surface area (Å²) in [5.41, 5.74) is 0. The minimum Gasteiger partial charge on any atom is -0.481 e. The first-order valence-electron chi connectivity index (χ1n) is 4.41. The molecule has 0 aliphatic heterocycles. The number of carbonyl (C=O) groups is 1. The third-order valence-corrected chi connectivity index (χ3v) is 1.93. The van der Waals surface area contributed by atoms with Gasteiger partial charge in [0.15, 0.2) is 0 Å². The minimum absolute atomic E-state index is 0.00373. The first-order chi connectivity index (χ1) is 7.52. The van der Waals surface area contributed by atoms with E-state index in [-0.39, 0.29) is 30.2 Å². The highest BCUT2D eigenvalue weighted by atomic mass is 35.5. The van der Waals surface area contributed by atoms with Gasteiger partial charge in [-0.2, -0.15) is 15.0 Å². The lowest BCUT2D eigenvalue weighted by Crippen LogP contribution is -2.23. The number of nitrogens with zero attached hydrogens (tertiary/aromatic N) is 4. The van der Waals surface area contributed by atoms with Gasteiger partial charge in [0.1, 0.15) is 0 Å². The molecule has 0 spiro atoms. The van der Waals surface area contributed by atoms with Crippen molar-refractivity contribution >= 4 is 23.5 Å². The van der Waals surface area contributed by atoms with E-state index in [1.54, 1.807) is 11.9 Å². The van der Waals surface area contributed by atoms with E-state index in [0.717, 1.165) is 0 Å². The van der Waals surface area contributed by atoms with Crippen LogP contribution in [0.25, 0.3) is 0 Å². The predicted octanol–water partition coefficient (Wildman–Crippen LogP) is 0.444. The number of aliphatic carboxylic acids is 1. The quantitative estimate of drug-likeness (QED) is 0.807. The molecule has 7 nitrogen and oxygen atoms in total. The summed E-state index contributed by atoms with van der Waals surface area (Å²) in [6.07, 6.45) is -0.0118. The molecule has 1 aromatic heterocycles. The van der Waals surface area contributed by atoms with Crippen LogP contribution in [-0.2, 0) is 4.79 Å². The predicted molar refractivity (Wildman–Crippen MR) is 56.9 cm³/mol. The Morgan fingerprint density at radius 3 is 2.75 bits per heavy atom. The largest absolute Gasteiger partial charge is 0.481 e. The zero-order valence-electron chi connectivity index (χ0n) is 8.84. The number of halogens is 1. The van der Waals surface area contributed by atoms with Gasteiger partial charge in [-0.05, 0) is 11.6 Å². The third kappa shape index (κ3) is 3.50. The van der Waals surface area contributed by atoms with Crippen LogP contribution in [0, 0.1) is 0 Å². The van der Waals surface area contributed by atoms with Crippen LogP contribution in [-0.4, -0.2) is 46.7 Å². The Bertz CT molecular complexity index is 388. The van der Waals surface area contributed by atoms with Crippen LogP contribution in [0.1, 0.15) is 6.42 Å². The van der Waals surface area contributed by atoms with Crippen LogP contribution in [0.3, 0.4) is 0 Å². The van der Waals surface area contributed by atoms with Crippen molar-refractivity contribution in [3.05, 3.63) is 5.28 Å². The average molecular weight is 247 g/mol. The van der Waals surface area contributed by atoms with Crippen molar-refractivity contribution in [2.24, 2.45) is 0 Å². The maximum Gasteiger partial charge on any atom is 0.322 e. The summed E-state index contributed by atoms with van der Waals surface area (Å²) >= 11 is 5.65. The van der Waals surface area contributed by atoms with Crippen molar-refractivity contribution in [2.75, 3.05) is 25.6 Å². The van der Waals surface area contributed by atoms with Gasteiger partial charge in [0.25, 0.3) is 0 Å². The fourth-order valence-electron chi connectivity index (χ4n) is 0.947. The first-order valence-corrected chi connectivity index (χ1v) is 4.79. The second-order valence-electron chi connectivity index (χ2n) is 2.96. The molecular weight excluding hydrogens is 236 g/mol. The van der Waals surface area contributed by atoms with Gasteiger partial charge in [-0.15, -0.1) is 0 Å². The van der Waals surface area contributed by atoms with Crippen molar-refractivity contribution in [1.82, 2.24) is 15.0 Å². The number of hydrogen-bond donors (Lipinski definition) is 1. The lowest BCUT2D eigenvalue weighted by molar-refractivity contribution is -0.136. The summed E-state index contributed by atoms with van der Waals surface area (Å²) in [5, 5.41) is 8.54. The molecule has 1 N–H and O–H groups in total. The summed E-state index contributed by atoms with van der Waals surface area (Å²) in [7, 11) is 3.07. The number of ether oxygens (including phenoxy) is 1. The Kier molecular flexibility index (Phi) is 4.24. The fourth-order valence-corrected chi connectivity index (χ4v) is 1.10. The molecule has 0 amide bonds. The van der Waals surface area contributed by atoms with Gasteiger partial charge < -0.3 is 14.7 Å². The number of carboxylic acids is 1. The lowest BCUT2D eigenvalue weighted by atomic mass is 10.4. The molecule has 0 unspecified atom stereocenters. The molecule has 16 heavy (non-hydrogen) atoms. The van der Waals surface area contributed by atoms with Crippen LogP contribution in [0.2, 0.25) is 5.28 Å². The van der Waals surface area contributed by atoms with Gasteiger partial charge >= 0.3 is 12.0 Å². The van der Waals surface area contributed by atoms with Gasteiger partial charge in [0, 0.05) is 13.6 Å². The molecule has 88 valence electrons. The lowest BCUT2D eigenvalue weighted by Gasteiger charge is -2.15. The van der Waals surface area contributed by atoms with Gasteiger partial charge in [-0.1, -0.05) is 0 Å². The van der Waals surface area contributed by atoms with Crippen LogP contribution in [0.5, 0.6) is 6.01 Å². The van der Waals surface area contributed by atoms with Crippen molar-refractivity contribution in [2.45, 2.75) is 6.42 Å². The highest BCUT2D eigenvalue weighted by molar-refractivity contribution is 6.28. The van der Waals surface area contributed by atoms with E-state index in [1.807, 2.05) is 0 Å². The van der Waals surface area contributed by atoms with E-state index in [0.29, 0.717) is 0 Å². The van der Waals surface area contributed by atoms with E-state index < -0.39 is 5.97 Å². The number of anilines is 1. The fraction of sp³-hybridized carbons (Fsp3) is 0.500. The molecular formula is C8H11ClN4O3. The van der Waals surface area contributed by atoms with E-state index in [4.69, 9.17) is 21.4 Å². The van der Waals surface area contributed by atoms with Crippen LogP contribution >= 0.6 is 11.6 Å². The van der Waals surface area contributed by atoms with E-state index >= 15 is 0 Å². The number of methoxy groups -OCH3 is 1. The standard InChI is InChI=1S/C8H11ClN4O3/c1-13(4-3-5(14)15)7-10-6(9)11-8(12-7)16-2/h3-4H2,1-2H3,(H,14,15). The maximum absolute atomic E-state index is 10.4. The molecule has 0 radical (unpaired) electrons. The number of rotatable bonds is 5. The molecule has 0 aromatic carbocycles. The molecule has 1 rings (SSSR count). The molecule has 1 heterocycles. The summed E-state index contributed by atoms with van der Waals surface area (Å²) < 4.78 is 4.82. The topological polar surface area (TPSA) is 88.4 Å². The Morgan fingerprint density at radius 1 is 1.50 bits per heavy atom. The van der Waals surface area contributed by atoms with Crippen molar-refractivity contribution in [1.29, 1.82) is 0 Å². The molecule has 0 saturated heterocycles. The molecule has 0 fully saturated rings. The average Bonchev–Trinajstić information content (AvgIpc) is 2.24. The highest BCUT2D eigenvalue weighted by Crippen LogP contribution is 2.13. The third-order valence-electron chi connectivity index (χ3n) is 1.76. The molecule has 1 aromatic rings. The zero-order valence-corrected chi connectivity index (χ0v) is 9.60. The normalized spacial score (nSPS) is 9.94. The maximum atomic E-state index is 10.4. The van der Waals surface area contributed by atoms with Gasteiger partial charge in [-0.3, -0.25) is 4.79 Å². The molecule has 8 heteroatoms. The van der Waals surface area contributed by atoms with Crippen LogP contribution < -0.4 is 9.64 Å². The monoisotopic (exact) mass is 246 g/mol. The van der Waals surface area contributed by atoms with Crippen LogP contribution in [0.4, 0.5) is 5.95 Å². The molecule has 0 aliphatic rings. The Morgan fingerprint density at radius 2 is 2.19 bits per heavy atom. The number of aromatic nitrogens is 3. The SMILES string of the molecule is COc1nc(Cl)nc(N(C)CCC(=O)O)n1. The van der Waals surface area contributed by atoms with E-state index in [2.05, 4.69) is 15.0 Å². The molecule has 0 saturated carbocycles. The Hall–Kier alpha value is -1.63. The molecule has 0 bridgehead atoms.